The van der Waals surface area contributed by atoms with Gasteiger partial charge >= 0.3 is 5.69 Å². The van der Waals surface area contributed by atoms with E-state index in [1.807, 2.05) is 4.98 Å². The average Bonchev–Trinajstić information content (AvgIpc) is 2.47. The molecule has 2 aromatic heterocycles. The van der Waals surface area contributed by atoms with E-state index in [1.165, 1.54) is 6.07 Å². The maximum absolute atomic E-state index is 12.4. The van der Waals surface area contributed by atoms with E-state index in [0.717, 1.165) is 25.6 Å². The number of nitrogens with zero attached hydrogens (tertiary/aromatic N) is 1. The number of hydrogen-bond acceptors (Lipinski definition) is 6. The van der Waals surface area contributed by atoms with E-state index in [1.54, 1.807) is 0 Å². The molecule has 1 aliphatic heterocycles. The molecule has 0 bridgehead atoms. The molecule has 0 saturated carbocycles. The third kappa shape index (κ3) is 2.93. The van der Waals surface area contributed by atoms with Crippen molar-refractivity contribution in [1.29, 1.82) is 0 Å². The highest BCUT2D eigenvalue weighted by Crippen LogP contribution is 2.13. The third-order valence-corrected chi connectivity index (χ3v) is 4.98. The number of pyridine rings is 1. The predicted octanol–water partition coefficient (Wildman–Crippen LogP) is -1.36. The van der Waals surface area contributed by atoms with Gasteiger partial charge in [0.2, 0.25) is 10.0 Å². The van der Waals surface area contributed by atoms with Crippen molar-refractivity contribution in [3.8, 4) is 0 Å². The number of rotatable bonds is 3. The number of sulfonamides is 1. The molecule has 3 heterocycles. The highest BCUT2D eigenvalue weighted by atomic mass is 32.2. The fraction of sp³-hybridized carbons (Fsp3) is 0.417. The second kappa shape index (κ2) is 5.63. The summed E-state index contributed by atoms with van der Waals surface area (Å²) in [5.41, 5.74) is -1.32. The van der Waals surface area contributed by atoms with E-state index in [2.05, 4.69) is 20.0 Å². The van der Waals surface area contributed by atoms with Crippen molar-refractivity contribution in [1.82, 2.24) is 25.0 Å². The van der Waals surface area contributed by atoms with Crippen LogP contribution in [0.15, 0.2) is 26.7 Å². The van der Waals surface area contributed by atoms with Gasteiger partial charge < -0.3 is 5.32 Å². The molecule has 1 fully saturated rings. The van der Waals surface area contributed by atoms with Crippen LogP contribution in [0.5, 0.6) is 0 Å². The lowest BCUT2D eigenvalue weighted by molar-refractivity contribution is 0.428. The summed E-state index contributed by atoms with van der Waals surface area (Å²) in [5, 5.41) is 3.13. The van der Waals surface area contributed by atoms with E-state index < -0.39 is 21.3 Å². The van der Waals surface area contributed by atoms with Gasteiger partial charge in [0.05, 0.1) is 5.39 Å². The van der Waals surface area contributed by atoms with Crippen LogP contribution in [-0.4, -0.2) is 42.5 Å². The molecule has 1 atom stereocenters. The molecule has 0 aliphatic carbocycles. The van der Waals surface area contributed by atoms with E-state index >= 15 is 0 Å². The smallest absolute Gasteiger partial charge is 0.315 e. The molecule has 22 heavy (non-hydrogen) atoms. The fourth-order valence-corrected chi connectivity index (χ4v) is 3.65. The SMILES string of the molecule is O=c1[nH]c(=O)c2cc(S(=O)(=O)NC3CCCNC3)cnc2[nH]1. The Labute approximate surface area is 125 Å². The first kappa shape index (κ1) is 14.9. The third-order valence-electron chi connectivity index (χ3n) is 3.50. The highest BCUT2D eigenvalue weighted by molar-refractivity contribution is 7.89. The van der Waals surface area contributed by atoms with Crippen molar-refractivity contribution in [3.05, 3.63) is 33.1 Å². The summed E-state index contributed by atoms with van der Waals surface area (Å²) < 4.78 is 27.3. The lowest BCUT2D eigenvalue weighted by Gasteiger charge is -2.23. The van der Waals surface area contributed by atoms with Gasteiger partial charge in [0.15, 0.2) is 0 Å². The zero-order chi connectivity index (χ0) is 15.7. The minimum Gasteiger partial charge on any atom is -0.315 e. The minimum absolute atomic E-state index is 0.0178. The maximum Gasteiger partial charge on any atom is 0.327 e. The lowest BCUT2D eigenvalue weighted by Crippen LogP contribution is -2.45. The van der Waals surface area contributed by atoms with Crippen LogP contribution < -0.4 is 21.3 Å². The molecular formula is C12H15N5O4S. The maximum atomic E-state index is 12.4. The standard InChI is InChI=1S/C12H15N5O4S/c18-11-9-4-8(6-14-10(9)15-12(19)16-11)22(20,21)17-7-2-1-3-13-5-7/h4,6-7,13,17H,1-3,5H2,(H2,14,15,16,18,19). The molecule has 9 nitrogen and oxygen atoms in total. The van der Waals surface area contributed by atoms with E-state index in [0.29, 0.717) is 6.54 Å². The number of fused-ring (bicyclic) bond motifs is 1. The Bertz CT molecular complexity index is 911. The molecule has 1 saturated heterocycles. The fourth-order valence-electron chi connectivity index (χ4n) is 2.41. The Hall–Kier alpha value is -2.04. The summed E-state index contributed by atoms with van der Waals surface area (Å²) in [5.74, 6) is 0. The van der Waals surface area contributed by atoms with Crippen LogP contribution in [0.1, 0.15) is 12.8 Å². The van der Waals surface area contributed by atoms with Crippen molar-refractivity contribution in [2.24, 2.45) is 0 Å². The van der Waals surface area contributed by atoms with Gasteiger partial charge in [-0.15, -0.1) is 0 Å². The van der Waals surface area contributed by atoms with E-state index in [4.69, 9.17) is 0 Å². The molecule has 2 aromatic rings. The molecule has 4 N–H and O–H groups in total. The Morgan fingerprint density at radius 3 is 2.82 bits per heavy atom. The number of aromatic amines is 2. The molecule has 0 spiro atoms. The van der Waals surface area contributed by atoms with Crippen molar-refractivity contribution in [2.75, 3.05) is 13.1 Å². The molecule has 0 amide bonds. The molecule has 0 radical (unpaired) electrons. The van der Waals surface area contributed by atoms with Gasteiger partial charge in [-0.05, 0) is 25.5 Å². The number of piperidine rings is 1. The minimum atomic E-state index is -3.78. The molecule has 118 valence electrons. The first-order valence-corrected chi connectivity index (χ1v) is 8.29. The van der Waals surface area contributed by atoms with Crippen molar-refractivity contribution in [3.63, 3.8) is 0 Å². The number of aromatic nitrogens is 3. The van der Waals surface area contributed by atoms with Crippen LogP contribution in [-0.2, 0) is 10.0 Å². The van der Waals surface area contributed by atoms with Gasteiger partial charge in [0.25, 0.3) is 5.56 Å². The summed E-state index contributed by atoms with van der Waals surface area (Å²) in [7, 11) is -3.78. The second-order valence-corrected chi connectivity index (χ2v) is 6.85. The van der Waals surface area contributed by atoms with Gasteiger partial charge in [0.1, 0.15) is 10.5 Å². The van der Waals surface area contributed by atoms with Crippen molar-refractivity contribution in [2.45, 2.75) is 23.8 Å². The van der Waals surface area contributed by atoms with Gasteiger partial charge in [0, 0.05) is 18.8 Å². The molecule has 0 aromatic carbocycles. The monoisotopic (exact) mass is 325 g/mol. The zero-order valence-corrected chi connectivity index (χ0v) is 12.4. The Kier molecular flexibility index (Phi) is 3.81. The van der Waals surface area contributed by atoms with Gasteiger partial charge in [-0.25, -0.2) is 22.9 Å². The predicted molar refractivity (Wildman–Crippen MR) is 79.2 cm³/mol. The second-order valence-electron chi connectivity index (χ2n) is 5.14. The first-order valence-electron chi connectivity index (χ1n) is 6.81. The zero-order valence-electron chi connectivity index (χ0n) is 11.5. The molecule has 10 heteroatoms. The number of H-pyrrole nitrogens is 2. The van der Waals surface area contributed by atoms with Gasteiger partial charge in [-0.3, -0.25) is 14.8 Å². The molecule has 3 rings (SSSR count). The average molecular weight is 325 g/mol. The Morgan fingerprint density at radius 2 is 2.09 bits per heavy atom. The Morgan fingerprint density at radius 1 is 1.27 bits per heavy atom. The summed E-state index contributed by atoms with van der Waals surface area (Å²) in [6.45, 7) is 1.44. The van der Waals surface area contributed by atoms with E-state index in [-0.39, 0.29) is 22.0 Å². The largest absolute Gasteiger partial charge is 0.327 e. The number of nitrogens with one attached hydrogen (secondary N) is 4. The Balaban J connectivity index is 1.98. The topological polar surface area (TPSA) is 137 Å². The first-order chi connectivity index (χ1) is 10.5. The summed E-state index contributed by atoms with van der Waals surface area (Å²) in [6, 6.07) is 1.01. The number of hydrogen-bond donors (Lipinski definition) is 4. The van der Waals surface area contributed by atoms with Crippen molar-refractivity contribution < 1.29 is 8.42 Å². The van der Waals surface area contributed by atoms with Crippen LogP contribution in [0.2, 0.25) is 0 Å². The quantitative estimate of drug-likeness (QED) is 0.550. The molecule has 1 aliphatic rings. The molecule has 1 unspecified atom stereocenters. The summed E-state index contributed by atoms with van der Waals surface area (Å²) in [4.78, 5) is 31.0. The summed E-state index contributed by atoms with van der Waals surface area (Å²) >= 11 is 0. The van der Waals surface area contributed by atoms with Crippen LogP contribution in [0.4, 0.5) is 0 Å². The van der Waals surface area contributed by atoms with E-state index in [9.17, 15) is 18.0 Å². The molecular weight excluding hydrogens is 310 g/mol. The van der Waals surface area contributed by atoms with Crippen LogP contribution in [0, 0.1) is 0 Å². The van der Waals surface area contributed by atoms with Crippen LogP contribution in [0.25, 0.3) is 11.0 Å². The lowest BCUT2D eigenvalue weighted by atomic mass is 10.1. The van der Waals surface area contributed by atoms with Gasteiger partial charge in [-0.1, -0.05) is 0 Å². The van der Waals surface area contributed by atoms with Gasteiger partial charge in [-0.2, -0.15) is 0 Å². The normalized spacial score (nSPS) is 19.4. The van der Waals surface area contributed by atoms with Crippen molar-refractivity contribution >= 4 is 21.1 Å². The van der Waals surface area contributed by atoms with Crippen LogP contribution in [0.3, 0.4) is 0 Å². The van der Waals surface area contributed by atoms with Crippen LogP contribution >= 0.6 is 0 Å². The summed E-state index contributed by atoms with van der Waals surface area (Å²) in [6.07, 6.45) is 2.77. The highest BCUT2D eigenvalue weighted by Gasteiger charge is 2.22.